The Balaban J connectivity index is 1.80. The summed E-state index contributed by atoms with van der Waals surface area (Å²) in [7, 11) is 2.15. The van der Waals surface area contributed by atoms with E-state index in [0.29, 0.717) is 16.9 Å². The zero-order valence-corrected chi connectivity index (χ0v) is 9.54. The van der Waals surface area contributed by atoms with Crippen molar-refractivity contribution in [3.05, 3.63) is 17.4 Å². The number of halogens is 1. The molecule has 1 unspecified atom stereocenters. The monoisotopic (exact) mass is 226 g/mol. The molecule has 1 aliphatic heterocycles. The fourth-order valence-corrected chi connectivity index (χ4v) is 1.93. The van der Waals surface area contributed by atoms with Crippen molar-refractivity contribution >= 4 is 17.5 Å². The molecule has 0 spiro atoms. The van der Waals surface area contributed by atoms with Gasteiger partial charge in [-0.25, -0.2) is 9.97 Å². The molecule has 1 saturated heterocycles. The van der Waals surface area contributed by atoms with Gasteiger partial charge in [-0.15, -0.1) is 0 Å². The minimum atomic E-state index is 0.571. The summed E-state index contributed by atoms with van der Waals surface area (Å²) in [5.74, 6) is 1.36. The highest BCUT2D eigenvalue weighted by Crippen LogP contribution is 2.14. The molecule has 1 atom stereocenters. The van der Waals surface area contributed by atoms with Gasteiger partial charge in [-0.05, 0) is 25.9 Å². The van der Waals surface area contributed by atoms with Crippen molar-refractivity contribution in [3.63, 3.8) is 0 Å². The highest BCUT2D eigenvalue weighted by atomic mass is 35.5. The van der Waals surface area contributed by atoms with Gasteiger partial charge >= 0.3 is 0 Å². The number of likely N-dealkylation sites (tertiary alicyclic amines) is 1. The van der Waals surface area contributed by atoms with Gasteiger partial charge in [0.25, 0.3) is 0 Å². The summed E-state index contributed by atoms with van der Waals surface area (Å²) in [5.41, 5.74) is 0. The van der Waals surface area contributed by atoms with E-state index in [9.17, 15) is 0 Å². The molecule has 1 aliphatic rings. The highest BCUT2D eigenvalue weighted by molar-refractivity contribution is 6.30. The molecular weight excluding hydrogens is 212 g/mol. The maximum atomic E-state index is 5.70. The van der Waals surface area contributed by atoms with Gasteiger partial charge in [-0.3, -0.25) is 0 Å². The molecule has 5 heteroatoms. The molecule has 1 aromatic rings. The Kier molecular flexibility index (Phi) is 3.38. The fourth-order valence-electron chi connectivity index (χ4n) is 1.83. The number of anilines is 1. The molecule has 0 saturated carbocycles. The van der Waals surface area contributed by atoms with Crippen LogP contribution in [0.2, 0.25) is 5.02 Å². The summed E-state index contributed by atoms with van der Waals surface area (Å²) >= 11 is 5.70. The van der Waals surface area contributed by atoms with Gasteiger partial charge in [-0.2, -0.15) is 0 Å². The molecular formula is C10H15ClN4. The van der Waals surface area contributed by atoms with E-state index in [2.05, 4.69) is 27.2 Å². The number of hydrogen-bond donors (Lipinski definition) is 1. The van der Waals surface area contributed by atoms with Crippen LogP contribution in [-0.2, 0) is 0 Å². The fraction of sp³-hybridized carbons (Fsp3) is 0.600. The summed E-state index contributed by atoms with van der Waals surface area (Å²) in [5, 5.41) is 3.80. The van der Waals surface area contributed by atoms with Gasteiger partial charge in [-0.1, -0.05) is 11.6 Å². The Bertz CT molecular complexity index is 314. The maximum absolute atomic E-state index is 5.70. The maximum Gasteiger partial charge on any atom is 0.222 e. The summed E-state index contributed by atoms with van der Waals surface area (Å²) < 4.78 is 0. The van der Waals surface area contributed by atoms with Crippen LogP contribution >= 0.6 is 11.6 Å². The summed E-state index contributed by atoms with van der Waals surface area (Å²) in [6, 6.07) is 0. The van der Waals surface area contributed by atoms with Crippen molar-refractivity contribution in [1.29, 1.82) is 0 Å². The Labute approximate surface area is 94.7 Å². The molecule has 82 valence electrons. The Morgan fingerprint density at radius 1 is 1.53 bits per heavy atom. The normalized spacial score (nSPS) is 21.9. The Morgan fingerprint density at radius 3 is 2.87 bits per heavy atom. The first-order chi connectivity index (χ1) is 7.24. The van der Waals surface area contributed by atoms with E-state index >= 15 is 0 Å². The lowest BCUT2D eigenvalue weighted by atomic mass is 10.1. The number of nitrogens with zero attached hydrogens (tertiary/aromatic N) is 3. The van der Waals surface area contributed by atoms with Crippen molar-refractivity contribution in [2.24, 2.45) is 5.92 Å². The zero-order valence-electron chi connectivity index (χ0n) is 8.78. The third-order valence-electron chi connectivity index (χ3n) is 2.66. The largest absolute Gasteiger partial charge is 0.354 e. The van der Waals surface area contributed by atoms with Crippen molar-refractivity contribution in [2.75, 3.05) is 32.0 Å². The second-order valence-electron chi connectivity index (χ2n) is 4.02. The van der Waals surface area contributed by atoms with Crippen LogP contribution in [0, 0.1) is 5.92 Å². The van der Waals surface area contributed by atoms with Crippen LogP contribution in [0.15, 0.2) is 12.4 Å². The summed E-state index contributed by atoms with van der Waals surface area (Å²) in [4.78, 5) is 10.5. The number of rotatable bonds is 3. The standard InChI is InChI=1S/C10H15ClN4/c1-15-3-2-8(7-15)4-12-10-13-5-9(11)6-14-10/h5-6,8H,2-4,7H2,1H3,(H,12,13,14). The average Bonchev–Trinajstić information content (AvgIpc) is 2.64. The van der Waals surface area contributed by atoms with Crippen LogP contribution in [0.4, 0.5) is 5.95 Å². The Hall–Kier alpha value is -0.870. The molecule has 1 fully saturated rings. The van der Waals surface area contributed by atoms with E-state index in [0.717, 1.165) is 13.1 Å². The molecule has 1 N–H and O–H groups in total. The lowest BCUT2D eigenvalue weighted by Crippen LogP contribution is -2.19. The van der Waals surface area contributed by atoms with Crippen LogP contribution in [0.3, 0.4) is 0 Å². The quantitative estimate of drug-likeness (QED) is 0.848. The zero-order chi connectivity index (χ0) is 10.7. The molecule has 0 amide bonds. The lowest BCUT2D eigenvalue weighted by Gasteiger charge is -2.11. The topological polar surface area (TPSA) is 41.0 Å². The van der Waals surface area contributed by atoms with Gasteiger partial charge in [0.1, 0.15) is 0 Å². The highest BCUT2D eigenvalue weighted by Gasteiger charge is 2.18. The van der Waals surface area contributed by atoms with Crippen LogP contribution in [-0.4, -0.2) is 41.5 Å². The smallest absolute Gasteiger partial charge is 0.222 e. The number of nitrogens with one attached hydrogen (secondary N) is 1. The first-order valence-corrected chi connectivity index (χ1v) is 5.52. The first kappa shape index (κ1) is 10.6. The van der Waals surface area contributed by atoms with Crippen molar-refractivity contribution < 1.29 is 0 Å². The van der Waals surface area contributed by atoms with Crippen molar-refractivity contribution in [1.82, 2.24) is 14.9 Å². The Morgan fingerprint density at radius 2 is 2.27 bits per heavy atom. The predicted molar refractivity (Wildman–Crippen MR) is 61.1 cm³/mol. The molecule has 2 rings (SSSR count). The van der Waals surface area contributed by atoms with E-state index in [1.807, 2.05) is 0 Å². The molecule has 0 bridgehead atoms. The van der Waals surface area contributed by atoms with E-state index in [4.69, 9.17) is 11.6 Å². The van der Waals surface area contributed by atoms with Gasteiger partial charge in [0, 0.05) is 13.1 Å². The minimum Gasteiger partial charge on any atom is -0.354 e. The van der Waals surface area contributed by atoms with Gasteiger partial charge in [0.15, 0.2) is 0 Å². The minimum absolute atomic E-state index is 0.571. The molecule has 2 heterocycles. The second-order valence-corrected chi connectivity index (χ2v) is 4.46. The van der Waals surface area contributed by atoms with Gasteiger partial charge in [0.05, 0.1) is 17.4 Å². The number of hydrogen-bond acceptors (Lipinski definition) is 4. The summed E-state index contributed by atoms with van der Waals surface area (Å²) in [6.07, 6.45) is 4.46. The average molecular weight is 227 g/mol. The van der Waals surface area contributed by atoms with E-state index in [1.165, 1.54) is 13.0 Å². The molecule has 1 aromatic heterocycles. The first-order valence-electron chi connectivity index (χ1n) is 5.14. The third kappa shape index (κ3) is 3.04. The van der Waals surface area contributed by atoms with Gasteiger partial charge < -0.3 is 10.2 Å². The molecule has 4 nitrogen and oxygen atoms in total. The van der Waals surface area contributed by atoms with Crippen LogP contribution < -0.4 is 5.32 Å². The molecule has 15 heavy (non-hydrogen) atoms. The summed E-state index contributed by atoms with van der Waals surface area (Å²) in [6.45, 7) is 3.28. The van der Waals surface area contributed by atoms with Crippen LogP contribution in [0.5, 0.6) is 0 Å². The molecule has 0 aromatic carbocycles. The SMILES string of the molecule is CN1CCC(CNc2ncc(Cl)cn2)C1. The van der Waals surface area contributed by atoms with Crippen molar-refractivity contribution in [3.8, 4) is 0 Å². The predicted octanol–water partition coefficient (Wildman–Crippen LogP) is 1.49. The van der Waals surface area contributed by atoms with E-state index in [1.54, 1.807) is 12.4 Å². The molecule has 0 radical (unpaired) electrons. The van der Waals surface area contributed by atoms with Crippen LogP contribution in [0.1, 0.15) is 6.42 Å². The molecule has 0 aliphatic carbocycles. The number of aromatic nitrogens is 2. The van der Waals surface area contributed by atoms with E-state index < -0.39 is 0 Å². The van der Waals surface area contributed by atoms with Crippen LogP contribution in [0.25, 0.3) is 0 Å². The third-order valence-corrected chi connectivity index (χ3v) is 2.85. The van der Waals surface area contributed by atoms with Gasteiger partial charge in [0.2, 0.25) is 5.95 Å². The van der Waals surface area contributed by atoms with Crippen molar-refractivity contribution in [2.45, 2.75) is 6.42 Å². The van der Waals surface area contributed by atoms with E-state index in [-0.39, 0.29) is 0 Å². The lowest BCUT2D eigenvalue weighted by molar-refractivity contribution is 0.399. The second kappa shape index (κ2) is 4.77.